The molecule has 0 spiro atoms. The molecule has 0 radical (unpaired) electrons. The number of hydrogen-bond donors (Lipinski definition) is 2. The highest BCUT2D eigenvalue weighted by Gasteiger charge is 2.22. The van der Waals surface area contributed by atoms with Crippen molar-refractivity contribution in [3.8, 4) is 17.1 Å². The maximum absolute atomic E-state index is 6.30. The minimum atomic E-state index is 0.414. The molecule has 1 aliphatic rings. The topological polar surface area (TPSA) is 116 Å². The largest absolute Gasteiger partial charge is 0.382 e. The Labute approximate surface area is 154 Å². The molecule has 1 saturated heterocycles. The molecule has 0 atom stereocenters. The Morgan fingerprint density at radius 1 is 1.19 bits per heavy atom. The van der Waals surface area contributed by atoms with E-state index in [0.29, 0.717) is 30.5 Å². The number of pyridine rings is 1. The van der Waals surface area contributed by atoms with E-state index < -0.39 is 0 Å². The van der Waals surface area contributed by atoms with Crippen LogP contribution in [0.1, 0.15) is 0 Å². The first kappa shape index (κ1) is 15.8. The normalized spacial score (nSPS) is 14.9. The van der Waals surface area contributed by atoms with Crippen molar-refractivity contribution < 1.29 is 4.74 Å². The summed E-state index contributed by atoms with van der Waals surface area (Å²) < 4.78 is 9.00. The molecule has 0 unspecified atom stereocenters. The molecule has 5 rings (SSSR count). The standard InChI is InChI=1S/C17H19N9O/c1-24-12(2-5-20-24)11-10-14(25-6-8-27-9-7-25)21-17-15(11)16(18)23-26(17)13-3-4-19-22-13/h2-5,10H,6-9H2,1H3,(H2,18,23)(H,19,22). The van der Waals surface area contributed by atoms with Crippen molar-refractivity contribution in [2.75, 3.05) is 36.9 Å². The third-order valence-electron chi connectivity index (χ3n) is 4.80. The molecule has 0 aromatic carbocycles. The van der Waals surface area contributed by atoms with Gasteiger partial charge in [0.15, 0.2) is 17.3 Å². The van der Waals surface area contributed by atoms with Crippen LogP contribution in [0.4, 0.5) is 11.6 Å². The Kier molecular flexibility index (Phi) is 3.57. The lowest BCUT2D eigenvalue weighted by atomic mass is 10.1. The molecule has 27 heavy (non-hydrogen) atoms. The van der Waals surface area contributed by atoms with E-state index in [2.05, 4.69) is 31.4 Å². The third kappa shape index (κ3) is 2.53. The molecule has 0 aliphatic carbocycles. The van der Waals surface area contributed by atoms with Crippen LogP contribution in [0.5, 0.6) is 0 Å². The SMILES string of the molecule is Cn1nccc1-c1cc(N2CCOCC2)nc2c1c(N)nn2-c1ccn[nH]1. The van der Waals surface area contributed by atoms with Crippen LogP contribution in [-0.4, -0.2) is 61.0 Å². The fourth-order valence-corrected chi connectivity index (χ4v) is 3.46. The van der Waals surface area contributed by atoms with Crippen LogP contribution >= 0.6 is 0 Å². The number of nitrogens with one attached hydrogen (secondary N) is 1. The fourth-order valence-electron chi connectivity index (χ4n) is 3.46. The van der Waals surface area contributed by atoms with Gasteiger partial charge in [-0.05, 0) is 12.1 Å². The van der Waals surface area contributed by atoms with E-state index in [1.165, 1.54) is 0 Å². The third-order valence-corrected chi connectivity index (χ3v) is 4.80. The molecule has 0 bridgehead atoms. The second kappa shape index (κ2) is 6.09. The summed E-state index contributed by atoms with van der Waals surface area (Å²) in [5.41, 5.74) is 8.88. The zero-order chi connectivity index (χ0) is 18.4. The van der Waals surface area contributed by atoms with E-state index in [-0.39, 0.29) is 0 Å². The molecule has 0 saturated carbocycles. The van der Waals surface area contributed by atoms with E-state index in [9.17, 15) is 0 Å². The van der Waals surface area contributed by atoms with Crippen molar-refractivity contribution in [2.24, 2.45) is 7.05 Å². The molecule has 3 N–H and O–H groups in total. The monoisotopic (exact) mass is 365 g/mol. The van der Waals surface area contributed by atoms with E-state index in [0.717, 1.165) is 35.6 Å². The van der Waals surface area contributed by atoms with Gasteiger partial charge in [0, 0.05) is 38.0 Å². The molecule has 138 valence electrons. The average molecular weight is 365 g/mol. The van der Waals surface area contributed by atoms with Crippen LogP contribution in [0, 0.1) is 0 Å². The number of aromatic nitrogens is 7. The van der Waals surface area contributed by atoms with Gasteiger partial charge in [-0.1, -0.05) is 0 Å². The summed E-state index contributed by atoms with van der Waals surface area (Å²) in [7, 11) is 1.91. The predicted octanol–water partition coefficient (Wildman–Crippen LogP) is 0.963. The van der Waals surface area contributed by atoms with E-state index in [1.54, 1.807) is 17.1 Å². The van der Waals surface area contributed by atoms with E-state index >= 15 is 0 Å². The molecule has 1 fully saturated rings. The maximum Gasteiger partial charge on any atom is 0.169 e. The lowest BCUT2D eigenvalue weighted by Gasteiger charge is -2.28. The van der Waals surface area contributed by atoms with Gasteiger partial charge in [0.25, 0.3) is 0 Å². The van der Waals surface area contributed by atoms with Crippen LogP contribution < -0.4 is 10.6 Å². The summed E-state index contributed by atoms with van der Waals surface area (Å²) in [5, 5.41) is 16.6. The highest BCUT2D eigenvalue weighted by atomic mass is 16.5. The summed E-state index contributed by atoms with van der Waals surface area (Å²) >= 11 is 0. The Morgan fingerprint density at radius 2 is 2.04 bits per heavy atom. The quantitative estimate of drug-likeness (QED) is 0.555. The fraction of sp³-hybridized carbons (Fsp3) is 0.294. The van der Waals surface area contributed by atoms with Gasteiger partial charge >= 0.3 is 0 Å². The highest BCUT2D eigenvalue weighted by Crippen LogP contribution is 2.35. The summed E-state index contributed by atoms with van der Waals surface area (Å²) in [5.74, 6) is 1.98. The van der Waals surface area contributed by atoms with Gasteiger partial charge < -0.3 is 15.4 Å². The number of anilines is 2. The van der Waals surface area contributed by atoms with Crippen molar-refractivity contribution >= 4 is 22.7 Å². The number of ether oxygens (including phenoxy) is 1. The maximum atomic E-state index is 6.30. The minimum Gasteiger partial charge on any atom is -0.382 e. The van der Waals surface area contributed by atoms with Gasteiger partial charge in [-0.3, -0.25) is 9.78 Å². The van der Waals surface area contributed by atoms with Crippen LogP contribution in [0.2, 0.25) is 0 Å². The number of H-pyrrole nitrogens is 1. The summed E-state index contributed by atoms with van der Waals surface area (Å²) in [4.78, 5) is 7.10. The van der Waals surface area contributed by atoms with E-state index in [1.807, 2.05) is 23.9 Å². The van der Waals surface area contributed by atoms with Crippen molar-refractivity contribution in [3.63, 3.8) is 0 Å². The number of morpholine rings is 1. The van der Waals surface area contributed by atoms with Crippen LogP contribution in [0.15, 0.2) is 30.6 Å². The Bertz CT molecular complexity index is 1090. The van der Waals surface area contributed by atoms with Gasteiger partial charge in [0.1, 0.15) is 5.82 Å². The first-order valence-electron chi connectivity index (χ1n) is 8.72. The first-order chi connectivity index (χ1) is 13.2. The van der Waals surface area contributed by atoms with Gasteiger partial charge in [-0.25, -0.2) is 4.98 Å². The van der Waals surface area contributed by atoms with Crippen molar-refractivity contribution in [3.05, 3.63) is 30.6 Å². The van der Waals surface area contributed by atoms with Crippen molar-refractivity contribution in [1.82, 2.24) is 34.7 Å². The number of nitrogens with two attached hydrogens (primary N) is 1. The van der Waals surface area contributed by atoms with E-state index in [4.69, 9.17) is 15.5 Å². The molecule has 1 aliphatic heterocycles. The van der Waals surface area contributed by atoms with Crippen LogP contribution in [-0.2, 0) is 11.8 Å². The molecular formula is C17H19N9O. The predicted molar refractivity (Wildman–Crippen MR) is 101 cm³/mol. The molecule has 5 heterocycles. The molecule has 10 nitrogen and oxygen atoms in total. The highest BCUT2D eigenvalue weighted by molar-refractivity contribution is 6.01. The second-order valence-corrected chi connectivity index (χ2v) is 6.41. The summed E-state index contributed by atoms with van der Waals surface area (Å²) in [6.45, 7) is 2.94. The number of nitrogen functional groups attached to an aromatic ring is 1. The summed E-state index contributed by atoms with van der Waals surface area (Å²) in [6, 6.07) is 5.85. The Hall–Kier alpha value is -3.40. The Balaban J connectivity index is 1.79. The smallest absolute Gasteiger partial charge is 0.169 e. The minimum absolute atomic E-state index is 0.414. The van der Waals surface area contributed by atoms with Gasteiger partial charge in [-0.2, -0.15) is 14.9 Å². The number of fused-ring (bicyclic) bond motifs is 1. The Morgan fingerprint density at radius 3 is 2.74 bits per heavy atom. The summed E-state index contributed by atoms with van der Waals surface area (Å²) in [6.07, 6.45) is 3.44. The number of hydrogen-bond acceptors (Lipinski definition) is 7. The number of aromatic amines is 1. The number of rotatable bonds is 3. The number of nitrogens with zero attached hydrogens (tertiary/aromatic N) is 7. The van der Waals surface area contributed by atoms with Gasteiger partial charge in [0.05, 0.1) is 30.5 Å². The lowest BCUT2D eigenvalue weighted by Crippen LogP contribution is -2.36. The number of aryl methyl sites for hydroxylation is 1. The zero-order valence-electron chi connectivity index (χ0n) is 14.8. The van der Waals surface area contributed by atoms with Crippen LogP contribution in [0.25, 0.3) is 28.1 Å². The average Bonchev–Trinajstić information content (AvgIpc) is 3.42. The molecule has 4 aromatic rings. The van der Waals surface area contributed by atoms with Crippen LogP contribution in [0.3, 0.4) is 0 Å². The molecule has 4 aromatic heterocycles. The molecule has 0 amide bonds. The molecule has 10 heteroatoms. The first-order valence-corrected chi connectivity index (χ1v) is 8.72. The second-order valence-electron chi connectivity index (χ2n) is 6.41. The van der Waals surface area contributed by atoms with Gasteiger partial charge in [0.2, 0.25) is 0 Å². The van der Waals surface area contributed by atoms with Gasteiger partial charge in [-0.15, -0.1) is 5.10 Å². The molecular weight excluding hydrogens is 346 g/mol. The van der Waals surface area contributed by atoms with Crippen molar-refractivity contribution in [2.45, 2.75) is 0 Å². The lowest BCUT2D eigenvalue weighted by molar-refractivity contribution is 0.122. The zero-order valence-corrected chi connectivity index (χ0v) is 14.8. The van der Waals surface area contributed by atoms with Crippen molar-refractivity contribution in [1.29, 1.82) is 0 Å².